The monoisotopic (exact) mass is 619 g/mol. The van der Waals surface area contributed by atoms with E-state index in [1.54, 1.807) is 19.4 Å². The number of fused-ring (bicyclic) bond motifs is 1. The molecule has 3 aromatic carbocycles. The van der Waals surface area contributed by atoms with Gasteiger partial charge < -0.3 is 9.47 Å². The summed E-state index contributed by atoms with van der Waals surface area (Å²) in [6.45, 7) is 1.67. The maximum absolute atomic E-state index is 11.4. The summed E-state index contributed by atoms with van der Waals surface area (Å²) in [4.78, 5) is 28.3. The molecule has 3 N–H and O–H groups in total. The van der Waals surface area contributed by atoms with Crippen LogP contribution in [-0.2, 0) is 19.0 Å². The smallest absolute Gasteiger partial charge is 0.245 e. The number of hydrogen-bond acceptors (Lipinski definition) is 10. The van der Waals surface area contributed by atoms with Crippen LogP contribution in [-0.4, -0.2) is 56.5 Å². The molecule has 13 heteroatoms. The molecule has 210 valence electrons. The van der Waals surface area contributed by atoms with E-state index in [-0.39, 0.29) is 15.9 Å². The number of benzene rings is 3. The second-order valence-electron chi connectivity index (χ2n) is 8.41. The third-order valence-electron chi connectivity index (χ3n) is 5.54. The van der Waals surface area contributed by atoms with Crippen LogP contribution in [0.3, 0.4) is 0 Å². The van der Waals surface area contributed by atoms with Crippen LogP contribution in [0.25, 0.3) is 22.4 Å². The summed E-state index contributed by atoms with van der Waals surface area (Å²) >= 11 is -4.92. The fourth-order valence-corrected chi connectivity index (χ4v) is 5.28. The van der Waals surface area contributed by atoms with Gasteiger partial charge in [-0.1, -0.05) is 30.3 Å². The molecule has 1 amide bonds. The molecule has 0 aliphatic heterocycles. The number of methoxy groups -OCH3 is 1. The third kappa shape index (κ3) is 7.74. The van der Waals surface area contributed by atoms with Crippen molar-refractivity contribution in [2.75, 3.05) is 12.4 Å². The number of carbonyl (C=O) groups excluding carboxylic acids is 1. The van der Waals surface area contributed by atoms with Gasteiger partial charge in [-0.2, -0.15) is 4.98 Å². The molecule has 1 unspecified atom stereocenters. The van der Waals surface area contributed by atoms with Gasteiger partial charge >= 0.3 is 88.4 Å². The summed E-state index contributed by atoms with van der Waals surface area (Å²) in [7, 11) is 1.64. The van der Waals surface area contributed by atoms with E-state index < -0.39 is 14.2 Å². The quantitative estimate of drug-likeness (QED) is 0.132. The van der Waals surface area contributed by atoms with Gasteiger partial charge in [0.1, 0.15) is 18.7 Å². The van der Waals surface area contributed by atoms with Crippen LogP contribution in [0.1, 0.15) is 12.5 Å². The first kappa shape index (κ1) is 29.4. The minimum Gasteiger partial charge on any atom is -0.497 e. The van der Waals surface area contributed by atoms with Crippen molar-refractivity contribution in [3.63, 3.8) is 0 Å². The zero-order valence-electron chi connectivity index (χ0n) is 22.0. The van der Waals surface area contributed by atoms with E-state index in [0.717, 1.165) is 22.6 Å². The van der Waals surface area contributed by atoms with E-state index in [1.165, 1.54) is 31.5 Å². The Morgan fingerprint density at radius 2 is 1.66 bits per heavy atom. The van der Waals surface area contributed by atoms with Gasteiger partial charge in [-0.3, -0.25) is 0 Å². The molecule has 12 nitrogen and oxygen atoms in total. The van der Waals surface area contributed by atoms with E-state index in [1.807, 2.05) is 54.6 Å². The van der Waals surface area contributed by atoms with Gasteiger partial charge in [0.25, 0.3) is 0 Å². The summed E-state index contributed by atoms with van der Waals surface area (Å²) in [5.74, 6) is 0.829. The standard InChI is InChI=1S/C20H16N4O2.C8H10AsNO5/c1-25-16-9-7-15(8-10-16)17-11-21-19-18(24-17)20(23-13-22-19)26-12-14-5-3-2-4-6-14;1-6(11)10-8-5-3-2-4-7(8)9(12,13)15-14/h2-11,13H,12H2,1H3;2-5,14H,1H3,(H,10,11)(H,12,13). The van der Waals surface area contributed by atoms with Crippen LogP contribution in [0.2, 0.25) is 0 Å². The summed E-state index contributed by atoms with van der Waals surface area (Å²) in [6.07, 6.45) is 3.13. The molecule has 0 aliphatic rings. The van der Waals surface area contributed by atoms with Gasteiger partial charge in [-0.15, -0.1) is 0 Å². The van der Waals surface area contributed by atoms with Crippen LogP contribution in [0, 0.1) is 0 Å². The van der Waals surface area contributed by atoms with E-state index in [9.17, 15) is 12.6 Å². The summed E-state index contributed by atoms with van der Waals surface area (Å²) in [5.41, 5.74) is 3.90. The first-order valence-corrected chi connectivity index (χ1v) is 15.4. The van der Waals surface area contributed by atoms with Gasteiger partial charge in [-0.25, -0.2) is 15.0 Å². The minimum absolute atomic E-state index is 0.103. The minimum atomic E-state index is -4.92. The fraction of sp³-hybridized carbons (Fsp3) is 0.107. The molecule has 5 rings (SSSR count). The topological polar surface area (TPSA) is 166 Å². The van der Waals surface area contributed by atoms with Crippen molar-refractivity contribution >= 4 is 41.3 Å². The molecule has 2 heterocycles. The van der Waals surface area contributed by atoms with Crippen LogP contribution in [0.5, 0.6) is 11.6 Å². The van der Waals surface area contributed by atoms with Crippen molar-refractivity contribution in [1.29, 1.82) is 0 Å². The number of aromatic nitrogens is 4. The molecular weight excluding hydrogens is 593 g/mol. The number of ether oxygens (including phenoxy) is 2. The number of hydrogen-bond donors (Lipinski definition) is 3. The fourth-order valence-electron chi connectivity index (χ4n) is 3.61. The Labute approximate surface area is 237 Å². The Balaban J connectivity index is 0.000000221. The molecule has 5 aromatic rings. The van der Waals surface area contributed by atoms with Gasteiger partial charge in [0.2, 0.25) is 5.88 Å². The van der Waals surface area contributed by atoms with Crippen molar-refractivity contribution in [2.24, 2.45) is 0 Å². The van der Waals surface area contributed by atoms with E-state index >= 15 is 0 Å². The molecule has 2 aromatic heterocycles. The maximum Gasteiger partial charge on any atom is 0.245 e. The number of anilines is 1. The van der Waals surface area contributed by atoms with E-state index in [2.05, 4.69) is 29.1 Å². The molecule has 0 fully saturated rings. The van der Waals surface area contributed by atoms with Crippen LogP contribution < -0.4 is 19.1 Å². The Morgan fingerprint density at radius 3 is 2.34 bits per heavy atom. The summed E-state index contributed by atoms with van der Waals surface area (Å²) in [6, 6.07) is 23.4. The van der Waals surface area contributed by atoms with Gasteiger partial charge in [0, 0.05) is 5.56 Å². The Kier molecular flexibility index (Phi) is 9.77. The van der Waals surface area contributed by atoms with Crippen molar-refractivity contribution in [2.45, 2.75) is 13.5 Å². The van der Waals surface area contributed by atoms with Crippen LogP contribution in [0.15, 0.2) is 91.4 Å². The summed E-state index contributed by atoms with van der Waals surface area (Å²) in [5, 5.41) is 10.7. The van der Waals surface area contributed by atoms with Crippen LogP contribution in [0.4, 0.5) is 5.69 Å². The summed E-state index contributed by atoms with van der Waals surface area (Å²) < 4.78 is 35.2. The predicted octanol–water partition coefficient (Wildman–Crippen LogP) is 3.38. The van der Waals surface area contributed by atoms with Crippen LogP contribution >= 0.6 is 0 Å². The third-order valence-corrected chi connectivity index (χ3v) is 8.10. The number of para-hydroxylation sites is 1. The number of rotatable bonds is 8. The van der Waals surface area contributed by atoms with E-state index in [0.29, 0.717) is 23.7 Å². The number of amides is 1. The molecular formula is C28H26AsN5O7. The van der Waals surface area contributed by atoms with Gasteiger partial charge in [0.15, 0.2) is 11.2 Å². The SMILES string of the molecule is CC(=O)Nc1ccccc1[As](=O)(O)OO.COc1ccc(-c2cnc3ncnc(OCc4ccccc4)c3n2)cc1. The second-order valence-corrected chi connectivity index (χ2v) is 11.9. The molecule has 0 saturated carbocycles. The number of carbonyl (C=O) groups is 1. The van der Waals surface area contributed by atoms with Crippen molar-refractivity contribution in [1.82, 2.24) is 19.9 Å². The Morgan fingerprint density at radius 1 is 0.951 bits per heavy atom. The normalized spacial score (nSPS) is 12.0. The molecule has 1 atom stereocenters. The van der Waals surface area contributed by atoms with Gasteiger partial charge in [-0.05, 0) is 29.8 Å². The molecule has 0 bridgehead atoms. The predicted molar refractivity (Wildman–Crippen MR) is 151 cm³/mol. The van der Waals surface area contributed by atoms with Gasteiger partial charge in [0.05, 0.1) is 19.0 Å². The molecule has 41 heavy (non-hydrogen) atoms. The van der Waals surface area contributed by atoms with Crippen molar-refractivity contribution in [3.05, 3.63) is 97.0 Å². The largest absolute Gasteiger partial charge is 0.497 e. The van der Waals surface area contributed by atoms with Crippen molar-refractivity contribution < 1.29 is 31.2 Å². The van der Waals surface area contributed by atoms with Crippen molar-refractivity contribution in [3.8, 4) is 22.9 Å². The molecule has 0 radical (unpaired) electrons. The second kappa shape index (κ2) is 13.6. The Hall–Kier alpha value is -4.61. The molecule has 0 spiro atoms. The first-order valence-electron chi connectivity index (χ1n) is 12.1. The van der Waals surface area contributed by atoms with E-state index in [4.69, 9.17) is 14.7 Å². The number of nitrogens with zero attached hydrogens (tertiary/aromatic N) is 4. The average molecular weight is 619 g/mol. The first-order chi connectivity index (χ1) is 19.8. The average Bonchev–Trinajstić information content (AvgIpc) is 3.00. The molecule has 0 aliphatic carbocycles. The Bertz CT molecular complexity index is 1670. The number of nitrogens with one attached hydrogen (secondary N) is 1. The zero-order valence-corrected chi connectivity index (χ0v) is 23.9. The maximum atomic E-state index is 11.4. The molecule has 0 saturated heterocycles. The zero-order chi connectivity index (χ0) is 29.2.